The average molecular weight is 342 g/mol. The molecule has 1 aliphatic heterocycles. The van der Waals surface area contributed by atoms with E-state index in [0.717, 1.165) is 0 Å². The van der Waals surface area contributed by atoms with Crippen LogP contribution in [0.4, 0.5) is 18.9 Å². The Morgan fingerprint density at radius 2 is 2.08 bits per heavy atom. The fraction of sp³-hybridized carbons (Fsp3) is 0.375. The van der Waals surface area contributed by atoms with E-state index in [1.54, 1.807) is 24.3 Å². The summed E-state index contributed by atoms with van der Waals surface area (Å²) in [5, 5.41) is 0. The molecule has 2 rings (SSSR count). The van der Waals surface area contributed by atoms with Gasteiger partial charge in [-0.3, -0.25) is 9.59 Å². The van der Waals surface area contributed by atoms with Gasteiger partial charge in [0.1, 0.15) is 12.3 Å². The van der Waals surface area contributed by atoms with E-state index in [0.29, 0.717) is 16.3 Å². The first-order chi connectivity index (χ1) is 11.3. The van der Waals surface area contributed by atoms with Crippen LogP contribution in [0.1, 0.15) is 6.42 Å². The second kappa shape index (κ2) is 7.37. The Kier molecular flexibility index (Phi) is 5.48. The fourth-order valence-electron chi connectivity index (χ4n) is 2.39. The molecule has 5 nitrogen and oxygen atoms in total. The largest absolute Gasteiger partial charge is 0.482 e. The number of amides is 2. The standard InChI is InChI=1S/C16H17F3N2O3/c1-2-8-20(11-16(17,18)19)14(22)7-9-21-12-5-3-4-6-13(12)24-10-15(21)23/h2-6H,1,7-11H2. The Morgan fingerprint density at radius 3 is 2.75 bits per heavy atom. The summed E-state index contributed by atoms with van der Waals surface area (Å²) in [7, 11) is 0. The number of nitrogens with zero attached hydrogens (tertiary/aromatic N) is 2. The molecule has 1 aromatic carbocycles. The summed E-state index contributed by atoms with van der Waals surface area (Å²) in [6.07, 6.45) is -3.47. The number of ether oxygens (including phenoxy) is 1. The van der Waals surface area contributed by atoms with E-state index in [4.69, 9.17) is 4.74 Å². The van der Waals surface area contributed by atoms with Crippen LogP contribution >= 0.6 is 0 Å². The molecular weight excluding hydrogens is 325 g/mol. The molecule has 8 heteroatoms. The molecule has 0 saturated carbocycles. The van der Waals surface area contributed by atoms with Gasteiger partial charge in [0, 0.05) is 19.5 Å². The number of rotatable bonds is 6. The van der Waals surface area contributed by atoms with E-state index < -0.39 is 18.6 Å². The molecule has 2 amide bonds. The highest BCUT2D eigenvalue weighted by molar-refractivity contribution is 5.98. The molecule has 0 atom stereocenters. The summed E-state index contributed by atoms with van der Waals surface area (Å²) >= 11 is 0. The zero-order valence-corrected chi connectivity index (χ0v) is 12.9. The van der Waals surface area contributed by atoms with E-state index in [1.165, 1.54) is 11.0 Å². The van der Waals surface area contributed by atoms with Crippen LogP contribution in [-0.2, 0) is 9.59 Å². The third-order valence-corrected chi connectivity index (χ3v) is 3.43. The Balaban J connectivity index is 2.04. The van der Waals surface area contributed by atoms with Crippen LogP contribution in [0.3, 0.4) is 0 Å². The van der Waals surface area contributed by atoms with E-state index in [9.17, 15) is 22.8 Å². The third kappa shape index (κ3) is 4.50. The molecular formula is C16H17F3N2O3. The smallest absolute Gasteiger partial charge is 0.406 e. The van der Waals surface area contributed by atoms with E-state index in [-0.39, 0.29) is 32.0 Å². The highest BCUT2D eigenvalue weighted by atomic mass is 19.4. The summed E-state index contributed by atoms with van der Waals surface area (Å²) in [5.74, 6) is -0.528. The van der Waals surface area contributed by atoms with Crippen molar-refractivity contribution in [3.8, 4) is 5.75 Å². The Hall–Kier alpha value is -2.51. The minimum absolute atomic E-state index is 0.0104. The molecule has 0 bridgehead atoms. The van der Waals surface area contributed by atoms with Crippen molar-refractivity contribution >= 4 is 17.5 Å². The molecule has 0 aliphatic carbocycles. The molecule has 0 N–H and O–H groups in total. The number of hydrogen-bond donors (Lipinski definition) is 0. The van der Waals surface area contributed by atoms with Crippen LogP contribution in [0, 0.1) is 0 Å². The predicted octanol–water partition coefficient (Wildman–Crippen LogP) is 2.38. The van der Waals surface area contributed by atoms with Gasteiger partial charge in [0.05, 0.1) is 5.69 Å². The van der Waals surface area contributed by atoms with Crippen LogP contribution in [0.2, 0.25) is 0 Å². The van der Waals surface area contributed by atoms with Gasteiger partial charge in [-0.2, -0.15) is 13.2 Å². The Morgan fingerprint density at radius 1 is 1.38 bits per heavy atom. The lowest BCUT2D eigenvalue weighted by molar-refractivity contribution is -0.160. The van der Waals surface area contributed by atoms with Crippen molar-refractivity contribution in [2.75, 3.05) is 31.1 Å². The van der Waals surface area contributed by atoms with Crippen LogP contribution in [-0.4, -0.2) is 49.1 Å². The summed E-state index contributed by atoms with van der Waals surface area (Å²) in [4.78, 5) is 26.1. The van der Waals surface area contributed by atoms with Gasteiger partial charge in [-0.25, -0.2) is 0 Å². The predicted molar refractivity (Wildman–Crippen MR) is 81.7 cm³/mol. The van der Waals surface area contributed by atoms with Crippen LogP contribution in [0.25, 0.3) is 0 Å². The maximum absolute atomic E-state index is 12.5. The molecule has 130 valence electrons. The molecule has 0 unspecified atom stereocenters. The maximum atomic E-state index is 12.5. The van der Waals surface area contributed by atoms with Crippen molar-refractivity contribution in [3.63, 3.8) is 0 Å². The summed E-state index contributed by atoms with van der Waals surface area (Å²) in [6.45, 7) is 1.65. The minimum atomic E-state index is -4.49. The van der Waals surface area contributed by atoms with Gasteiger partial charge in [0.2, 0.25) is 5.91 Å². The fourth-order valence-corrected chi connectivity index (χ4v) is 2.39. The maximum Gasteiger partial charge on any atom is 0.406 e. The quantitative estimate of drug-likeness (QED) is 0.746. The second-order valence-corrected chi connectivity index (χ2v) is 5.23. The van der Waals surface area contributed by atoms with Crippen molar-refractivity contribution in [1.29, 1.82) is 0 Å². The molecule has 1 aromatic rings. The van der Waals surface area contributed by atoms with E-state index in [2.05, 4.69) is 6.58 Å². The number of alkyl halides is 3. The lowest BCUT2D eigenvalue weighted by atomic mass is 10.2. The van der Waals surface area contributed by atoms with Crippen molar-refractivity contribution in [1.82, 2.24) is 4.90 Å². The number of carbonyl (C=O) groups is 2. The third-order valence-electron chi connectivity index (χ3n) is 3.43. The van der Waals surface area contributed by atoms with Gasteiger partial charge >= 0.3 is 6.18 Å². The van der Waals surface area contributed by atoms with E-state index >= 15 is 0 Å². The first-order valence-electron chi connectivity index (χ1n) is 7.29. The molecule has 1 heterocycles. The summed E-state index contributed by atoms with van der Waals surface area (Å²) in [6, 6.07) is 6.80. The molecule has 24 heavy (non-hydrogen) atoms. The molecule has 0 radical (unpaired) electrons. The first-order valence-corrected chi connectivity index (χ1v) is 7.29. The monoisotopic (exact) mass is 342 g/mol. The summed E-state index contributed by atoms with van der Waals surface area (Å²) in [5.41, 5.74) is 0.507. The van der Waals surface area contributed by atoms with Gasteiger partial charge < -0.3 is 14.5 Å². The highest BCUT2D eigenvalue weighted by Gasteiger charge is 2.33. The lowest BCUT2D eigenvalue weighted by Crippen LogP contribution is -2.43. The molecule has 0 spiro atoms. The molecule has 0 saturated heterocycles. The number of anilines is 1. The van der Waals surface area contributed by atoms with Crippen LogP contribution in [0.5, 0.6) is 5.75 Å². The number of halogens is 3. The SMILES string of the molecule is C=CCN(CC(F)(F)F)C(=O)CCN1C(=O)COc2ccccc21. The van der Waals surface area contributed by atoms with Crippen LogP contribution in [0.15, 0.2) is 36.9 Å². The normalized spacial score (nSPS) is 14.0. The minimum Gasteiger partial charge on any atom is -0.482 e. The number of carbonyl (C=O) groups excluding carboxylic acids is 2. The van der Waals surface area contributed by atoms with Crippen molar-refractivity contribution in [2.24, 2.45) is 0 Å². The zero-order chi connectivity index (χ0) is 17.7. The number of benzene rings is 1. The van der Waals surface area contributed by atoms with Gasteiger partial charge in [-0.05, 0) is 12.1 Å². The van der Waals surface area contributed by atoms with Crippen LogP contribution < -0.4 is 9.64 Å². The van der Waals surface area contributed by atoms with E-state index in [1.807, 2.05) is 0 Å². The van der Waals surface area contributed by atoms with Crippen molar-refractivity contribution in [3.05, 3.63) is 36.9 Å². The first kappa shape index (κ1) is 17.8. The van der Waals surface area contributed by atoms with Gasteiger partial charge in [-0.1, -0.05) is 18.2 Å². The van der Waals surface area contributed by atoms with Crippen molar-refractivity contribution in [2.45, 2.75) is 12.6 Å². The summed E-state index contributed by atoms with van der Waals surface area (Å²) < 4.78 is 42.9. The zero-order valence-electron chi connectivity index (χ0n) is 12.9. The molecule has 0 fully saturated rings. The molecule has 1 aliphatic rings. The van der Waals surface area contributed by atoms with Gasteiger partial charge in [0.15, 0.2) is 6.61 Å². The topological polar surface area (TPSA) is 49.9 Å². The highest BCUT2D eigenvalue weighted by Crippen LogP contribution is 2.31. The van der Waals surface area contributed by atoms with Gasteiger partial charge in [0.25, 0.3) is 5.91 Å². The number of para-hydroxylation sites is 2. The number of hydrogen-bond acceptors (Lipinski definition) is 3. The van der Waals surface area contributed by atoms with Gasteiger partial charge in [-0.15, -0.1) is 6.58 Å². The second-order valence-electron chi connectivity index (χ2n) is 5.23. The number of fused-ring (bicyclic) bond motifs is 1. The molecule has 0 aromatic heterocycles. The van der Waals surface area contributed by atoms with Crippen molar-refractivity contribution < 1.29 is 27.5 Å². The Labute approximate surface area is 137 Å². The average Bonchev–Trinajstić information content (AvgIpc) is 2.52. The lowest BCUT2D eigenvalue weighted by Gasteiger charge is -2.30. The Bertz CT molecular complexity index is 631.